The minimum absolute atomic E-state index is 0.0197. The molecule has 2 aromatic rings. The number of rotatable bonds is 4. The van der Waals surface area contributed by atoms with Crippen LogP contribution in [0.1, 0.15) is 24.0 Å². The fourth-order valence-corrected chi connectivity index (χ4v) is 4.66. The second-order valence-electron chi connectivity index (χ2n) is 5.97. The van der Waals surface area contributed by atoms with E-state index in [4.69, 9.17) is 9.47 Å². The number of nitrogens with zero attached hydrogens (tertiary/aromatic N) is 1. The molecule has 2 saturated heterocycles. The van der Waals surface area contributed by atoms with Gasteiger partial charge in [-0.15, -0.1) is 0 Å². The lowest BCUT2D eigenvalue weighted by Gasteiger charge is -2.31. The Balaban J connectivity index is 1.50. The normalized spacial score (nSPS) is 20.3. The molecule has 5 heteroatoms. The number of ether oxygens (including phenoxy) is 2. The van der Waals surface area contributed by atoms with Crippen molar-refractivity contribution < 1.29 is 9.47 Å². The number of hydrogen-bond acceptors (Lipinski definition) is 5. The van der Waals surface area contributed by atoms with Crippen molar-refractivity contribution in [3.63, 3.8) is 0 Å². The quantitative estimate of drug-likeness (QED) is 0.832. The van der Waals surface area contributed by atoms with Gasteiger partial charge in [0.25, 0.3) is 0 Å². The van der Waals surface area contributed by atoms with E-state index in [1.165, 1.54) is 16.7 Å². The van der Waals surface area contributed by atoms with Crippen LogP contribution in [0.2, 0.25) is 0 Å². The second kappa shape index (κ2) is 7.28. The maximum Gasteiger partial charge on any atom is 0.170 e. The summed E-state index contributed by atoms with van der Waals surface area (Å²) in [4.78, 5) is 2.47. The van der Waals surface area contributed by atoms with Crippen LogP contribution in [0.4, 0.5) is 0 Å². The molecule has 0 atom stereocenters. The molecule has 0 N–H and O–H groups in total. The highest BCUT2D eigenvalue weighted by Gasteiger charge is 2.24. The van der Waals surface area contributed by atoms with E-state index >= 15 is 0 Å². The van der Waals surface area contributed by atoms with E-state index in [-0.39, 0.29) is 6.29 Å². The molecule has 2 aromatic heterocycles. The van der Waals surface area contributed by atoms with Gasteiger partial charge < -0.3 is 9.47 Å². The molecule has 122 valence electrons. The number of thiophene rings is 2. The van der Waals surface area contributed by atoms with Crippen LogP contribution in [-0.2, 0) is 9.47 Å². The monoisotopic (exact) mass is 347 g/mol. The zero-order valence-electron chi connectivity index (χ0n) is 13.1. The zero-order valence-corrected chi connectivity index (χ0v) is 14.7. The molecule has 0 amide bonds. The minimum Gasteiger partial charge on any atom is -0.349 e. The first kappa shape index (κ1) is 15.5. The highest BCUT2D eigenvalue weighted by Crippen LogP contribution is 2.34. The van der Waals surface area contributed by atoms with E-state index in [0.717, 1.165) is 45.7 Å². The van der Waals surface area contributed by atoms with Gasteiger partial charge >= 0.3 is 0 Å². The Bertz CT molecular complexity index is 596. The summed E-state index contributed by atoms with van der Waals surface area (Å²) in [5.41, 5.74) is 5.80. The van der Waals surface area contributed by atoms with Crippen LogP contribution in [-0.4, -0.2) is 44.0 Å². The fourth-order valence-electron chi connectivity index (χ4n) is 3.37. The van der Waals surface area contributed by atoms with Crippen LogP contribution >= 0.6 is 22.7 Å². The Kier molecular flexibility index (Phi) is 4.92. The van der Waals surface area contributed by atoms with Gasteiger partial charge in [-0.3, -0.25) is 4.90 Å². The van der Waals surface area contributed by atoms with Crippen molar-refractivity contribution in [2.24, 2.45) is 0 Å². The first-order valence-corrected chi connectivity index (χ1v) is 10.0. The predicted octanol–water partition coefficient (Wildman–Crippen LogP) is 4.08. The second-order valence-corrected chi connectivity index (χ2v) is 7.53. The van der Waals surface area contributed by atoms with Gasteiger partial charge in [-0.2, -0.15) is 22.7 Å². The molecule has 0 aromatic carbocycles. The molecule has 4 rings (SSSR count). The molecule has 0 saturated carbocycles. The molecule has 3 nitrogen and oxygen atoms in total. The van der Waals surface area contributed by atoms with Gasteiger partial charge in [0.2, 0.25) is 0 Å². The first-order chi connectivity index (χ1) is 11.4. The lowest BCUT2D eigenvalue weighted by atomic mass is 9.91. The van der Waals surface area contributed by atoms with Crippen molar-refractivity contribution in [3.8, 4) is 0 Å². The van der Waals surface area contributed by atoms with Crippen molar-refractivity contribution in [1.29, 1.82) is 0 Å². The van der Waals surface area contributed by atoms with Crippen molar-refractivity contribution >= 4 is 28.2 Å². The van der Waals surface area contributed by atoms with Crippen LogP contribution in [0.5, 0.6) is 0 Å². The summed E-state index contributed by atoms with van der Waals surface area (Å²) in [6.45, 7) is 4.57. The predicted molar refractivity (Wildman–Crippen MR) is 96.0 cm³/mol. The molecule has 0 spiro atoms. The van der Waals surface area contributed by atoms with E-state index in [9.17, 15) is 0 Å². The Morgan fingerprint density at radius 2 is 1.61 bits per heavy atom. The Morgan fingerprint density at radius 3 is 2.13 bits per heavy atom. The molecule has 2 fully saturated rings. The average molecular weight is 348 g/mol. The molecule has 23 heavy (non-hydrogen) atoms. The fraction of sp³-hybridized carbons (Fsp3) is 0.444. The molecule has 0 bridgehead atoms. The SMILES string of the molecule is c1cc(C(=C2CCN(CC3OCCO3)CC2)c2ccsc2)cs1. The topological polar surface area (TPSA) is 21.7 Å². The van der Waals surface area contributed by atoms with Crippen LogP contribution in [0.25, 0.3) is 5.57 Å². The molecule has 2 aliphatic rings. The summed E-state index contributed by atoms with van der Waals surface area (Å²) in [7, 11) is 0. The Hall–Kier alpha value is -0.980. The van der Waals surface area contributed by atoms with Gasteiger partial charge in [-0.05, 0) is 63.2 Å². The largest absolute Gasteiger partial charge is 0.349 e. The van der Waals surface area contributed by atoms with E-state index in [1.54, 1.807) is 28.2 Å². The molecule has 0 aliphatic carbocycles. The summed E-state index contributed by atoms with van der Waals surface area (Å²) >= 11 is 3.55. The zero-order chi connectivity index (χ0) is 15.5. The van der Waals surface area contributed by atoms with E-state index in [1.807, 2.05) is 0 Å². The maximum atomic E-state index is 5.57. The van der Waals surface area contributed by atoms with E-state index in [0.29, 0.717) is 0 Å². The first-order valence-electron chi connectivity index (χ1n) is 8.13. The summed E-state index contributed by atoms with van der Waals surface area (Å²) < 4.78 is 11.1. The van der Waals surface area contributed by atoms with Crippen molar-refractivity contribution in [2.75, 3.05) is 32.8 Å². The van der Waals surface area contributed by atoms with Crippen molar-refractivity contribution in [2.45, 2.75) is 19.1 Å². The highest BCUT2D eigenvalue weighted by molar-refractivity contribution is 7.08. The maximum absolute atomic E-state index is 5.57. The molecule has 0 unspecified atom stereocenters. The minimum atomic E-state index is -0.0197. The summed E-state index contributed by atoms with van der Waals surface area (Å²) in [5, 5.41) is 8.89. The molecular formula is C18H21NO2S2. The van der Waals surface area contributed by atoms with Gasteiger partial charge in [0, 0.05) is 19.6 Å². The standard InChI is InChI=1S/C18H21NO2S2/c1-5-19(11-17-20-7-8-21-17)6-2-14(1)18(15-3-9-22-12-15)16-4-10-23-13-16/h3-4,9-10,12-13,17H,1-2,5-8,11H2. The van der Waals surface area contributed by atoms with Crippen LogP contribution in [0, 0.1) is 0 Å². The van der Waals surface area contributed by atoms with Crippen LogP contribution < -0.4 is 0 Å². The lowest BCUT2D eigenvalue weighted by molar-refractivity contribution is -0.0628. The van der Waals surface area contributed by atoms with Gasteiger partial charge in [-0.25, -0.2) is 0 Å². The third kappa shape index (κ3) is 3.59. The number of piperidine rings is 1. The van der Waals surface area contributed by atoms with Gasteiger partial charge in [0.05, 0.1) is 13.2 Å². The van der Waals surface area contributed by atoms with E-state index < -0.39 is 0 Å². The third-order valence-corrected chi connectivity index (χ3v) is 5.90. The smallest absolute Gasteiger partial charge is 0.170 e. The highest BCUT2D eigenvalue weighted by atomic mass is 32.1. The van der Waals surface area contributed by atoms with E-state index in [2.05, 4.69) is 38.6 Å². The van der Waals surface area contributed by atoms with Gasteiger partial charge in [-0.1, -0.05) is 5.57 Å². The van der Waals surface area contributed by atoms with Crippen molar-refractivity contribution in [1.82, 2.24) is 4.90 Å². The molecule has 4 heterocycles. The van der Waals surface area contributed by atoms with Crippen molar-refractivity contribution in [3.05, 3.63) is 50.4 Å². The van der Waals surface area contributed by atoms with Gasteiger partial charge in [0.1, 0.15) is 0 Å². The molecule has 2 aliphatic heterocycles. The van der Waals surface area contributed by atoms with Crippen LogP contribution in [0.15, 0.2) is 39.2 Å². The average Bonchev–Trinajstić information content (AvgIpc) is 3.33. The van der Waals surface area contributed by atoms with Crippen LogP contribution in [0.3, 0.4) is 0 Å². The lowest BCUT2D eigenvalue weighted by Crippen LogP contribution is -2.37. The summed E-state index contributed by atoms with van der Waals surface area (Å²) in [6.07, 6.45) is 2.25. The Labute approximate surface area is 145 Å². The molecule has 0 radical (unpaired) electrons. The molecular weight excluding hydrogens is 326 g/mol. The number of hydrogen-bond donors (Lipinski definition) is 0. The van der Waals surface area contributed by atoms with Gasteiger partial charge in [0.15, 0.2) is 6.29 Å². The summed E-state index contributed by atoms with van der Waals surface area (Å²) in [6, 6.07) is 4.49. The summed E-state index contributed by atoms with van der Waals surface area (Å²) in [5.74, 6) is 0. The Morgan fingerprint density at radius 1 is 1.00 bits per heavy atom. The third-order valence-electron chi connectivity index (χ3n) is 4.53. The number of likely N-dealkylation sites (tertiary alicyclic amines) is 1.